The van der Waals surface area contributed by atoms with Crippen molar-refractivity contribution in [2.75, 3.05) is 6.54 Å². The number of aromatic nitrogens is 1. The van der Waals surface area contributed by atoms with Crippen LogP contribution in [-0.2, 0) is 4.79 Å². The van der Waals surface area contributed by atoms with Gasteiger partial charge >= 0.3 is 5.97 Å². The molecule has 2 atom stereocenters. The van der Waals surface area contributed by atoms with Crippen LogP contribution in [0.1, 0.15) is 47.7 Å². The van der Waals surface area contributed by atoms with Gasteiger partial charge in [-0.15, -0.1) is 11.3 Å². The van der Waals surface area contributed by atoms with Crippen LogP contribution in [-0.4, -0.2) is 34.6 Å². The highest BCUT2D eigenvalue weighted by molar-refractivity contribution is 7.09. The van der Waals surface area contributed by atoms with E-state index in [0.29, 0.717) is 5.01 Å². The second kappa shape index (κ2) is 6.12. The van der Waals surface area contributed by atoms with Crippen LogP contribution in [0.3, 0.4) is 0 Å². The summed E-state index contributed by atoms with van der Waals surface area (Å²) in [5, 5.41) is 17.0. The monoisotopic (exact) mass is 283 g/mol. The molecule has 3 N–H and O–H groups in total. The molecule has 1 saturated heterocycles. The summed E-state index contributed by atoms with van der Waals surface area (Å²) >= 11 is 1.25. The zero-order valence-corrected chi connectivity index (χ0v) is 11.5. The Bertz CT molecular complexity index is 469. The van der Waals surface area contributed by atoms with Crippen LogP contribution in [0.25, 0.3) is 0 Å². The van der Waals surface area contributed by atoms with Gasteiger partial charge in [0.05, 0.1) is 12.1 Å². The highest BCUT2D eigenvalue weighted by atomic mass is 32.1. The molecule has 2 rings (SSSR count). The zero-order valence-electron chi connectivity index (χ0n) is 10.7. The quantitative estimate of drug-likeness (QED) is 0.771. The molecular formula is C12H17N3O3S. The van der Waals surface area contributed by atoms with Gasteiger partial charge in [-0.3, -0.25) is 4.79 Å². The predicted molar refractivity (Wildman–Crippen MR) is 71.3 cm³/mol. The summed E-state index contributed by atoms with van der Waals surface area (Å²) in [5.41, 5.74) is 0.0249. The Morgan fingerprint density at radius 1 is 1.58 bits per heavy atom. The Morgan fingerprint density at radius 2 is 2.37 bits per heavy atom. The van der Waals surface area contributed by atoms with Gasteiger partial charge in [-0.25, -0.2) is 9.78 Å². The highest BCUT2D eigenvalue weighted by Gasteiger charge is 2.23. The lowest BCUT2D eigenvalue weighted by Gasteiger charge is -2.24. The smallest absolute Gasteiger partial charge is 0.355 e. The number of carboxylic acids is 1. The molecule has 7 heteroatoms. The number of piperidine rings is 1. The van der Waals surface area contributed by atoms with Crippen molar-refractivity contribution in [2.45, 2.75) is 38.3 Å². The zero-order chi connectivity index (χ0) is 13.8. The molecule has 0 aromatic carbocycles. The summed E-state index contributed by atoms with van der Waals surface area (Å²) in [4.78, 5) is 26.8. The number of carbonyl (C=O) groups is 2. The molecule has 0 spiro atoms. The summed E-state index contributed by atoms with van der Waals surface area (Å²) in [7, 11) is 0. The summed E-state index contributed by atoms with van der Waals surface area (Å²) in [6, 6.07) is -0.413. The molecule has 104 valence electrons. The fraction of sp³-hybridized carbons (Fsp3) is 0.583. The van der Waals surface area contributed by atoms with Crippen molar-refractivity contribution in [3.05, 3.63) is 16.1 Å². The second-order valence-corrected chi connectivity index (χ2v) is 5.50. The Kier molecular flexibility index (Phi) is 4.49. The Morgan fingerprint density at radius 3 is 2.95 bits per heavy atom. The molecule has 6 nitrogen and oxygen atoms in total. The molecule has 1 aromatic rings. The van der Waals surface area contributed by atoms with Gasteiger partial charge in [-0.2, -0.15) is 0 Å². The molecular weight excluding hydrogens is 266 g/mol. The maximum absolute atomic E-state index is 12.0. The van der Waals surface area contributed by atoms with Crippen molar-refractivity contribution >= 4 is 23.2 Å². The Hall–Kier alpha value is -1.47. The third-order valence-corrected chi connectivity index (χ3v) is 4.12. The third kappa shape index (κ3) is 3.51. The molecule has 1 aliphatic rings. The van der Waals surface area contributed by atoms with Crippen LogP contribution >= 0.6 is 11.3 Å². The summed E-state index contributed by atoms with van der Waals surface area (Å²) in [6.07, 6.45) is 3.00. The van der Waals surface area contributed by atoms with E-state index in [0.717, 1.165) is 25.8 Å². The van der Waals surface area contributed by atoms with Crippen molar-refractivity contribution in [1.29, 1.82) is 0 Å². The van der Waals surface area contributed by atoms with E-state index in [1.54, 1.807) is 0 Å². The van der Waals surface area contributed by atoms with Gasteiger partial charge in [0.2, 0.25) is 5.91 Å². The van der Waals surface area contributed by atoms with E-state index in [-0.39, 0.29) is 23.7 Å². The third-order valence-electron chi connectivity index (χ3n) is 3.10. The van der Waals surface area contributed by atoms with E-state index in [1.807, 2.05) is 6.92 Å². The van der Waals surface area contributed by atoms with Crippen LogP contribution in [0.5, 0.6) is 0 Å². The first-order chi connectivity index (χ1) is 9.08. The SMILES string of the molecule is CC(NC(=O)C1CCCCN1)c1nc(C(=O)O)cs1. The van der Waals surface area contributed by atoms with Gasteiger partial charge in [-0.05, 0) is 26.3 Å². The first-order valence-electron chi connectivity index (χ1n) is 6.30. The minimum absolute atomic E-state index is 0.0249. The van der Waals surface area contributed by atoms with Gasteiger partial charge in [0, 0.05) is 5.38 Å². The first-order valence-corrected chi connectivity index (χ1v) is 7.18. The molecule has 19 heavy (non-hydrogen) atoms. The Balaban J connectivity index is 1.93. The minimum Gasteiger partial charge on any atom is -0.476 e. The average molecular weight is 283 g/mol. The Labute approximate surface area is 115 Å². The fourth-order valence-corrected chi connectivity index (χ4v) is 2.84. The van der Waals surface area contributed by atoms with E-state index >= 15 is 0 Å². The number of amides is 1. The van der Waals surface area contributed by atoms with Crippen molar-refractivity contribution in [1.82, 2.24) is 15.6 Å². The predicted octanol–water partition coefficient (Wildman–Crippen LogP) is 1.16. The molecule has 2 heterocycles. The lowest BCUT2D eigenvalue weighted by atomic mass is 10.0. The van der Waals surface area contributed by atoms with Crippen LogP contribution in [0, 0.1) is 0 Å². The van der Waals surface area contributed by atoms with Gasteiger partial charge < -0.3 is 15.7 Å². The molecule has 0 aliphatic carbocycles. The van der Waals surface area contributed by atoms with Crippen molar-refractivity contribution in [3.8, 4) is 0 Å². The molecule has 2 unspecified atom stereocenters. The fourth-order valence-electron chi connectivity index (χ4n) is 2.04. The lowest BCUT2D eigenvalue weighted by Crippen LogP contribution is -2.47. The maximum Gasteiger partial charge on any atom is 0.355 e. The standard InChI is InChI=1S/C12H17N3O3S/c1-7(11-15-9(6-19-11)12(17)18)14-10(16)8-4-2-3-5-13-8/h6-8,13H,2-5H2,1H3,(H,14,16)(H,17,18). The van der Waals surface area contributed by atoms with Gasteiger partial charge in [0.1, 0.15) is 5.01 Å². The molecule has 0 radical (unpaired) electrons. The first kappa shape index (κ1) is 14.0. The normalized spacial score (nSPS) is 20.8. The molecule has 1 aliphatic heterocycles. The van der Waals surface area contributed by atoms with Gasteiger partial charge in [-0.1, -0.05) is 6.42 Å². The molecule has 0 bridgehead atoms. The number of nitrogens with one attached hydrogen (secondary N) is 2. The number of thiazole rings is 1. The van der Waals surface area contributed by atoms with Crippen molar-refractivity contribution in [2.24, 2.45) is 0 Å². The summed E-state index contributed by atoms with van der Waals surface area (Å²) in [5.74, 6) is -1.09. The number of hydrogen-bond acceptors (Lipinski definition) is 5. The van der Waals surface area contributed by atoms with Crippen LogP contribution in [0.15, 0.2) is 5.38 Å². The summed E-state index contributed by atoms with van der Waals surface area (Å²) < 4.78 is 0. The van der Waals surface area contributed by atoms with E-state index in [1.165, 1.54) is 16.7 Å². The van der Waals surface area contributed by atoms with Crippen LogP contribution in [0.2, 0.25) is 0 Å². The molecule has 0 saturated carbocycles. The average Bonchev–Trinajstić information content (AvgIpc) is 2.89. The largest absolute Gasteiger partial charge is 0.476 e. The van der Waals surface area contributed by atoms with Crippen LogP contribution in [0.4, 0.5) is 0 Å². The second-order valence-electron chi connectivity index (χ2n) is 4.61. The highest BCUT2D eigenvalue weighted by Crippen LogP contribution is 2.18. The number of hydrogen-bond donors (Lipinski definition) is 3. The number of rotatable bonds is 4. The van der Waals surface area contributed by atoms with E-state index in [9.17, 15) is 9.59 Å². The number of aromatic carboxylic acids is 1. The number of carbonyl (C=O) groups excluding carboxylic acids is 1. The molecule has 1 fully saturated rings. The number of nitrogens with zero attached hydrogens (tertiary/aromatic N) is 1. The molecule has 1 aromatic heterocycles. The lowest BCUT2D eigenvalue weighted by molar-refractivity contribution is -0.124. The van der Waals surface area contributed by atoms with E-state index < -0.39 is 5.97 Å². The van der Waals surface area contributed by atoms with E-state index in [4.69, 9.17) is 5.11 Å². The minimum atomic E-state index is -1.05. The number of carboxylic acid groups (broad SMARTS) is 1. The van der Waals surface area contributed by atoms with Crippen molar-refractivity contribution < 1.29 is 14.7 Å². The van der Waals surface area contributed by atoms with Crippen LogP contribution < -0.4 is 10.6 Å². The van der Waals surface area contributed by atoms with Gasteiger partial charge in [0.15, 0.2) is 5.69 Å². The summed E-state index contributed by atoms with van der Waals surface area (Å²) in [6.45, 7) is 2.68. The van der Waals surface area contributed by atoms with Gasteiger partial charge in [0.25, 0.3) is 0 Å². The topological polar surface area (TPSA) is 91.3 Å². The maximum atomic E-state index is 12.0. The van der Waals surface area contributed by atoms with Crippen molar-refractivity contribution in [3.63, 3.8) is 0 Å². The van der Waals surface area contributed by atoms with E-state index in [2.05, 4.69) is 15.6 Å². The molecule has 1 amide bonds.